The Labute approximate surface area is 120 Å². The highest BCUT2D eigenvalue weighted by atomic mass is 127. The largest absolute Gasteiger partial charge is 0.355 e. The van der Waals surface area contributed by atoms with Crippen LogP contribution in [0.3, 0.4) is 0 Å². The van der Waals surface area contributed by atoms with E-state index >= 15 is 0 Å². The number of imidazole rings is 1. The maximum atomic E-state index is 13.1. The van der Waals surface area contributed by atoms with Crippen LogP contribution < -0.4 is 5.32 Å². The van der Waals surface area contributed by atoms with E-state index in [1.165, 1.54) is 12.1 Å². The third-order valence-electron chi connectivity index (χ3n) is 2.53. The number of halogens is 2. The number of nitrogens with zero attached hydrogens (tertiary/aromatic N) is 2. The van der Waals surface area contributed by atoms with Gasteiger partial charge < -0.3 is 5.32 Å². The minimum Gasteiger partial charge on any atom is -0.355 e. The zero-order valence-corrected chi connectivity index (χ0v) is 12.5. The molecule has 96 valence electrons. The van der Waals surface area contributed by atoms with Crippen molar-refractivity contribution in [1.29, 1.82) is 0 Å². The lowest BCUT2D eigenvalue weighted by molar-refractivity contribution is 0.626. The highest BCUT2D eigenvalue weighted by Gasteiger charge is 2.10. The summed E-state index contributed by atoms with van der Waals surface area (Å²) in [4.78, 5) is 4.44. The van der Waals surface area contributed by atoms with E-state index in [0.717, 1.165) is 33.9 Å². The van der Waals surface area contributed by atoms with Crippen LogP contribution >= 0.6 is 22.6 Å². The molecule has 5 heteroatoms. The summed E-state index contributed by atoms with van der Waals surface area (Å²) in [5, 5.41) is 3.28. The highest BCUT2D eigenvalue weighted by molar-refractivity contribution is 14.1. The molecule has 3 nitrogen and oxygen atoms in total. The van der Waals surface area contributed by atoms with Crippen LogP contribution in [0.25, 0.3) is 5.69 Å². The number of hydrogen-bond acceptors (Lipinski definition) is 2. The third-order valence-corrected chi connectivity index (χ3v) is 3.39. The van der Waals surface area contributed by atoms with Crippen LogP contribution in [0, 0.1) is 16.3 Å². The van der Waals surface area contributed by atoms with E-state index in [1.54, 1.807) is 6.07 Å². The van der Waals surface area contributed by atoms with Gasteiger partial charge >= 0.3 is 0 Å². The zero-order valence-electron chi connectivity index (χ0n) is 10.4. The molecular weight excluding hydrogens is 344 g/mol. The van der Waals surface area contributed by atoms with Gasteiger partial charge in [0.25, 0.3) is 0 Å². The summed E-state index contributed by atoms with van der Waals surface area (Å²) in [6.07, 6.45) is 2.99. The van der Waals surface area contributed by atoms with Crippen molar-refractivity contribution in [3.63, 3.8) is 0 Å². The SMILES string of the molecule is CCCNc1nc(C)cn1-c1ccc(F)cc1I. The molecule has 1 heterocycles. The molecule has 0 amide bonds. The van der Waals surface area contributed by atoms with Gasteiger partial charge in [0.05, 0.1) is 11.4 Å². The van der Waals surface area contributed by atoms with Gasteiger partial charge in [-0.25, -0.2) is 9.37 Å². The summed E-state index contributed by atoms with van der Waals surface area (Å²) in [7, 11) is 0. The average molecular weight is 359 g/mol. The second-order valence-corrected chi connectivity index (χ2v) is 5.26. The van der Waals surface area contributed by atoms with Gasteiger partial charge in [0.15, 0.2) is 0 Å². The number of aryl methyl sites for hydroxylation is 1. The van der Waals surface area contributed by atoms with Gasteiger partial charge in [0, 0.05) is 16.3 Å². The number of anilines is 1. The van der Waals surface area contributed by atoms with Gasteiger partial charge in [-0.1, -0.05) is 6.92 Å². The second-order valence-electron chi connectivity index (χ2n) is 4.10. The molecule has 0 saturated carbocycles. The summed E-state index contributed by atoms with van der Waals surface area (Å²) in [5.74, 6) is 0.585. The van der Waals surface area contributed by atoms with E-state index in [0.29, 0.717) is 0 Å². The standard InChI is InChI=1S/C13H15FIN3/c1-3-6-16-13-17-9(2)8-18(13)12-5-4-10(14)7-11(12)15/h4-5,7-8H,3,6H2,1-2H3,(H,16,17). The minimum absolute atomic E-state index is 0.219. The fourth-order valence-electron chi connectivity index (χ4n) is 1.72. The van der Waals surface area contributed by atoms with E-state index in [2.05, 4.69) is 39.8 Å². The predicted molar refractivity (Wildman–Crippen MR) is 79.8 cm³/mol. The molecule has 0 aliphatic carbocycles. The molecule has 1 aromatic heterocycles. The smallest absolute Gasteiger partial charge is 0.207 e. The van der Waals surface area contributed by atoms with E-state index < -0.39 is 0 Å². The topological polar surface area (TPSA) is 29.9 Å². The normalized spacial score (nSPS) is 10.7. The first-order chi connectivity index (χ1) is 8.61. The van der Waals surface area contributed by atoms with Crippen molar-refractivity contribution in [2.75, 3.05) is 11.9 Å². The van der Waals surface area contributed by atoms with Gasteiger partial charge in [-0.3, -0.25) is 4.57 Å². The summed E-state index contributed by atoms with van der Waals surface area (Å²) in [6, 6.07) is 4.76. The van der Waals surface area contributed by atoms with Crippen molar-refractivity contribution in [3.05, 3.63) is 39.5 Å². The molecule has 0 fully saturated rings. The van der Waals surface area contributed by atoms with Crippen molar-refractivity contribution in [1.82, 2.24) is 9.55 Å². The Morgan fingerprint density at radius 1 is 1.44 bits per heavy atom. The Morgan fingerprint density at radius 3 is 2.89 bits per heavy atom. The third kappa shape index (κ3) is 2.82. The number of aromatic nitrogens is 2. The first-order valence-corrected chi connectivity index (χ1v) is 6.95. The minimum atomic E-state index is -0.219. The van der Waals surface area contributed by atoms with E-state index in [4.69, 9.17) is 0 Å². The second kappa shape index (κ2) is 5.69. The zero-order chi connectivity index (χ0) is 13.1. The van der Waals surface area contributed by atoms with Crippen molar-refractivity contribution < 1.29 is 4.39 Å². The Bertz CT molecular complexity index is 551. The maximum Gasteiger partial charge on any atom is 0.207 e. The van der Waals surface area contributed by atoms with Crippen molar-refractivity contribution >= 4 is 28.5 Å². The monoisotopic (exact) mass is 359 g/mol. The molecule has 2 rings (SSSR count). The lowest BCUT2D eigenvalue weighted by atomic mass is 10.3. The Kier molecular flexibility index (Phi) is 4.21. The molecule has 0 aliphatic rings. The van der Waals surface area contributed by atoms with Gasteiger partial charge in [-0.05, 0) is 54.1 Å². The summed E-state index contributed by atoms with van der Waals surface area (Å²) < 4.78 is 16.0. The number of hydrogen-bond donors (Lipinski definition) is 1. The Morgan fingerprint density at radius 2 is 2.22 bits per heavy atom. The van der Waals surface area contributed by atoms with E-state index in [9.17, 15) is 4.39 Å². The first kappa shape index (κ1) is 13.3. The maximum absolute atomic E-state index is 13.1. The quantitative estimate of drug-likeness (QED) is 0.843. The molecule has 1 aromatic carbocycles. The summed E-state index contributed by atoms with van der Waals surface area (Å²) in [5.41, 5.74) is 1.88. The van der Waals surface area contributed by atoms with Gasteiger partial charge in [-0.2, -0.15) is 0 Å². The molecule has 1 N–H and O–H groups in total. The molecule has 18 heavy (non-hydrogen) atoms. The molecule has 0 aliphatic heterocycles. The average Bonchev–Trinajstić information content (AvgIpc) is 2.67. The van der Waals surface area contributed by atoms with Crippen molar-refractivity contribution in [2.24, 2.45) is 0 Å². The first-order valence-electron chi connectivity index (χ1n) is 5.87. The van der Waals surface area contributed by atoms with Crippen LogP contribution in [0.1, 0.15) is 19.0 Å². The molecular formula is C13H15FIN3. The molecule has 0 atom stereocenters. The van der Waals surface area contributed by atoms with Gasteiger partial charge in [0.1, 0.15) is 5.82 Å². The van der Waals surface area contributed by atoms with Gasteiger partial charge in [0.2, 0.25) is 5.95 Å². The Hall–Kier alpha value is -1.11. The lowest BCUT2D eigenvalue weighted by Gasteiger charge is -2.10. The summed E-state index contributed by atoms with van der Waals surface area (Å²) in [6.45, 7) is 4.92. The number of rotatable bonds is 4. The Balaban J connectivity index is 2.42. The highest BCUT2D eigenvalue weighted by Crippen LogP contribution is 2.22. The number of benzene rings is 1. The van der Waals surface area contributed by atoms with Crippen molar-refractivity contribution in [3.8, 4) is 5.69 Å². The molecule has 0 radical (unpaired) electrons. The van der Waals surface area contributed by atoms with Crippen LogP contribution in [0.5, 0.6) is 0 Å². The molecule has 0 saturated heterocycles. The molecule has 0 spiro atoms. The van der Waals surface area contributed by atoms with Crippen LogP contribution in [-0.4, -0.2) is 16.1 Å². The number of nitrogens with one attached hydrogen (secondary N) is 1. The molecule has 0 unspecified atom stereocenters. The molecule has 2 aromatic rings. The lowest BCUT2D eigenvalue weighted by Crippen LogP contribution is -2.07. The predicted octanol–water partition coefficient (Wildman–Crippen LogP) is 3.75. The van der Waals surface area contributed by atoms with E-state index in [1.807, 2.05) is 17.7 Å². The fourth-order valence-corrected chi connectivity index (χ4v) is 2.46. The van der Waals surface area contributed by atoms with Gasteiger partial charge in [-0.15, -0.1) is 0 Å². The molecule has 0 bridgehead atoms. The van der Waals surface area contributed by atoms with E-state index in [-0.39, 0.29) is 5.82 Å². The van der Waals surface area contributed by atoms with Crippen LogP contribution in [0.2, 0.25) is 0 Å². The van der Waals surface area contributed by atoms with Crippen molar-refractivity contribution in [2.45, 2.75) is 20.3 Å². The fraction of sp³-hybridized carbons (Fsp3) is 0.308. The van der Waals surface area contributed by atoms with Crippen LogP contribution in [0.15, 0.2) is 24.4 Å². The van der Waals surface area contributed by atoms with Crippen LogP contribution in [-0.2, 0) is 0 Å². The summed E-state index contributed by atoms with van der Waals surface area (Å²) >= 11 is 2.14. The van der Waals surface area contributed by atoms with Crippen LogP contribution in [0.4, 0.5) is 10.3 Å².